The molecule has 1 aromatic carbocycles. The van der Waals surface area contributed by atoms with Crippen molar-refractivity contribution in [1.82, 2.24) is 4.90 Å². The van der Waals surface area contributed by atoms with E-state index < -0.39 is 12.0 Å². The number of carbonyl (C=O) groups is 1. The van der Waals surface area contributed by atoms with Crippen molar-refractivity contribution in [2.45, 2.75) is 18.9 Å². The highest BCUT2D eigenvalue weighted by Crippen LogP contribution is 2.32. The van der Waals surface area contributed by atoms with Gasteiger partial charge in [-0.3, -0.25) is 0 Å². The van der Waals surface area contributed by atoms with Crippen molar-refractivity contribution in [3.63, 3.8) is 0 Å². The van der Waals surface area contributed by atoms with Gasteiger partial charge in [-0.1, -0.05) is 18.2 Å². The van der Waals surface area contributed by atoms with Gasteiger partial charge in [-0.25, -0.2) is 4.79 Å². The van der Waals surface area contributed by atoms with Gasteiger partial charge in [0.25, 0.3) is 0 Å². The number of benzene rings is 1. The first kappa shape index (κ1) is 12.9. The minimum atomic E-state index is -0.726. The summed E-state index contributed by atoms with van der Waals surface area (Å²) in [5, 5.41) is 9.31. The van der Waals surface area contributed by atoms with E-state index in [1.807, 2.05) is 43.3 Å². The van der Waals surface area contributed by atoms with E-state index >= 15 is 0 Å². The maximum atomic E-state index is 11.3. The highest BCUT2D eigenvalue weighted by Gasteiger charge is 2.33. The van der Waals surface area contributed by atoms with Crippen LogP contribution in [-0.4, -0.2) is 49.2 Å². The number of carboxylic acid groups (broad SMARTS) is 1. The second kappa shape index (κ2) is 5.40. The number of hydrogen-bond donors (Lipinski definition) is 1. The molecule has 0 saturated carbocycles. The second-order valence-electron chi connectivity index (χ2n) is 5.04. The molecule has 1 atom stereocenters. The summed E-state index contributed by atoms with van der Waals surface area (Å²) in [5.41, 5.74) is 2.23. The van der Waals surface area contributed by atoms with Gasteiger partial charge in [0.05, 0.1) is 0 Å². The lowest BCUT2D eigenvalue weighted by Crippen LogP contribution is -2.39. The fraction of sp³-hybridized carbons (Fsp3) is 0.500. The lowest BCUT2D eigenvalue weighted by molar-refractivity contribution is -0.138. The number of aliphatic carboxylic acids is 1. The normalized spacial score (nSPS) is 18.2. The van der Waals surface area contributed by atoms with Crippen LogP contribution in [0.15, 0.2) is 24.3 Å². The van der Waals surface area contributed by atoms with Gasteiger partial charge < -0.3 is 14.9 Å². The van der Waals surface area contributed by atoms with Gasteiger partial charge >= 0.3 is 5.97 Å². The Labute approximate surface area is 108 Å². The molecule has 4 heteroatoms. The Morgan fingerprint density at radius 1 is 1.44 bits per heavy atom. The highest BCUT2D eigenvalue weighted by molar-refractivity contribution is 5.82. The molecular weight excluding hydrogens is 228 g/mol. The fourth-order valence-corrected chi connectivity index (χ4v) is 2.50. The van der Waals surface area contributed by atoms with Crippen LogP contribution >= 0.6 is 0 Å². The molecule has 1 heterocycles. The predicted octanol–water partition coefficient (Wildman–Crippen LogP) is 1.45. The minimum Gasteiger partial charge on any atom is -0.480 e. The molecular formula is C14H20N2O2. The Bertz CT molecular complexity index is 432. The molecule has 0 radical (unpaired) electrons. The van der Waals surface area contributed by atoms with E-state index in [1.54, 1.807) is 0 Å². The maximum absolute atomic E-state index is 11.3. The van der Waals surface area contributed by atoms with Gasteiger partial charge in [0, 0.05) is 18.7 Å². The summed E-state index contributed by atoms with van der Waals surface area (Å²) in [6.45, 7) is 1.77. The summed E-state index contributed by atoms with van der Waals surface area (Å²) in [6, 6.07) is 7.60. The van der Waals surface area contributed by atoms with E-state index in [0.717, 1.165) is 30.8 Å². The molecule has 0 spiro atoms. The highest BCUT2D eigenvalue weighted by atomic mass is 16.4. The Morgan fingerprint density at radius 2 is 2.17 bits per heavy atom. The van der Waals surface area contributed by atoms with Crippen LogP contribution in [0.1, 0.15) is 12.0 Å². The lowest BCUT2D eigenvalue weighted by atomic mass is 10.1. The third kappa shape index (κ3) is 2.64. The van der Waals surface area contributed by atoms with E-state index in [4.69, 9.17) is 0 Å². The number of carboxylic acids is 1. The van der Waals surface area contributed by atoms with Crippen LogP contribution in [0.5, 0.6) is 0 Å². The van der Waals surface area contributed by atoms with Crippen molar-refractivity contribution >= 4 is 11.7 Å². The number of anilines is 1. The summed E-state index contributed by atoms with van der Waals surface area (Å²) < 4.78 is 0. The SMILES string of the molecule is CN(C)CCCN1c2ccccc2CC1C(=O)O. The van der Waals surface area contributed by atoms with E-state index in [-0.39, 0.29) is 0 Å². The van der Waals surface area contributed by atoms with Crippen molar-refractivity contribution in [3.05, 3.63) is 29.8 Å². The van der Waals surface area contributed by atoms with E-state index in [0.29, 0.717) is 6.42 Å². The molecule has 0 bridgehead atoms. The molecule has 98 valence electrons. The number of rotatable bonds is 5. The zero-order valence-corrected chi connectivity index (χ0v) is 11.0. The third-order valence-corrected chi connectivity index (χ3v) is 3.38. The first-order chi connectivity index (χ1) is 8.59. The lowest BCUT2D eigenvalue weighted by Gasteiger charge is -2.25. The van der Waals surface area contributed by atoms with Crippen LogP contribution in [0, 0.1) is 0 Å². The number of nitrogens with zero attached hydrogens (tertiary/aromatic N) is 2. The number of para-hydroxylation sites is 1. The molecule has 0 fully saturated rings. The van der Waals surface area contributed by atoms with Crippen molar-refractivity contribution in [2.24, 2.45) is 0 Å². The van der Waals surface area contributed by atoms with Gasteiger partial charge in [0.2, 0.25) is 0 Å². The molecule has 1 N–H and O–H groups in total. The first-order valence-corrected chi connectivity index (χ1v) is 6.31. The standard InChI is InChI=1S/C14H20N2O2/c1-15(2)8-5-9-16-12-7-4-3-6-11(12)10-13(16)14(17)18/h3-4,6-7,13H,5,8-10H2,1-2H3,(H,17,18). The van der Waals surface area contributed by atoms with Crippen molar-refractivity contribution in [2.75, 3.05) is 32.1 Å². The zero-order chi connectivity index (χ0) is 13.1. The predicted molar refractivity (Wildman–Crippen MR) is 72.1 cm³/mol. The van der Waals surface area contributed by atoms with Crippen LogP contribution < -0.4 is 4.90 Å². The average Bonchev–Trinajstić information content (AvgIpc) is 2.68. The molecule has 0 amide bonds. The van der Waals surface area contributed by atoms with Crippen LogP contribution in [0.25, 0.3) is 0 Å². The van der Waals surface area contributed by atoms with Crippen LogP contribution in [0.3, 0.4) is 0 Å². The molecule has 1 aromatic rings. The van der Waals surface area contributed by atoms with Crippen LogP contribution in [-0.2, 0) is 11.2 Å². The van der Waals surface area contributed by atoms with Gasteiger partial charge in [0.1, 0.15) is 6.04 Å². The molecule has 1 aliphatic heterocycles. The zero-order valence-electron chi connectivity index (χ0n) is 11.0. The molecule has 18 heavy (non-hydrogen) atoms. The summed E-state index contributed by atoms with van der Waals surface area (Å²) in [4.78, 5) is 15.5. The van der Waals surface area contributed by atoms with Gasteiger partial charge in [-0.15, -0.1) is 0 Å². The molecule has 0 saturated heterocycles. The quantitative estimate of drug-likeness (QED) is 0.856. The van der Waals surface area contributed by atoms with Gasteiger partial charge in [-0.2, -0.15) is 0 Å². The number of hydrogen-bond acceptors (Lipinski definition) is 3. The minimum absolute atomic E-state index is 0.399. The Morgan fingerprint density at radius 3 is 2.83 bits per heavy atom. The van der Waals surface area contributed by atoms with Crippen LogP contribution in [0.4, 0.5) is 5.69 Å². The molecule has 1 unspecified atom stereocenters. The van der Waals surface area contributed by atoms with Crippen LogP contribution in [0.2, 0.25) is 0 Å². The third-order valence-electron chi connectivity index (χ3n) is 3.38. The molecule has 0 aliphatic carbocycles. The average molecular weight is 248 g/mol. The Kier molecular flexibility index (Phi) is 3.87. The summed E-state index contributed by atoms with van der Waals surface area (Å²) >= 11 is 0. The summed E-state index contributed by atoms with van der Waals surface area (Å²) in [5.74, 6) is -0.726. The fourth-order valence-electron chi connectivity index (χ4n) is 2.50. The second-order valence-corrected chi connectivity index (χ2v) is 5.04. The Hall–Kier alpha value is -1.55. The summed E-state index contributed by atoms with van der Waals surface area (Å²) in [7, 11) is 4.07. The molecule has 4 nitrogen and oxygen atoms in total. The van der Waals surface area contributed by atoms with E-state index in [2.05, 4.69) is 4.90 Å². The Balaban J connectivity index is 2.10. The molecule has 2 rings (SSSR count). The smallest absolute Gasteiger partial charge is 0.326 e. The van der Waals surface area contributed by atoms with Gasteiger partial charge in [0.15, 0.2) is 0 Å². The van der Waals surface area contributed by atoms with Gasteiger partial charge in [-0.05, 0) is 38.7 Å². The van der Waals surface area contributed by atoms with Crippen molar-refractivity contribution < 1.29 is 9.90 Å². The maximum Gasteiger partial charge on any atom is 0.326 e. The number of fused-ring (bicyclic) bond motifs is 1. The largest absolute Gasteiger partial charge is 0.480 e. The summed E-state index contributed by atoms with van der Waals surface area (Å²) in [6.07, 6.45) is 1.60. The molecule has 0 aromatic heterocycles. The van der Waals surface area contributed by atoms with E-state index in [1.165, 1.54) is 0 Å². The monoisotopic (exact) mass is 248 g/mol. The first-order valence-electron chi connectivity index (χ1n) is 6.31. The van der Waals surface area contributed by atoms with Crippen molar-refractivity contribution in [3.8, 4) is 0 Å². The molecule has 1 aliphatic rings. The van der Waals surface area contributed by atoms with E-state index in [9.17, 15) is 9.90 Å². The van der Waals surface area contributed by atoms with Crippen molar-refractivity contribution in [1.29, 1.82) is 0 Å². The topological polar surface area (TPSA) is 43.8 Å².